The van der Waals surface area contributed by atoms with Crippen molar-refractivity contribution in [2.75, 3.05) is 16.7 Å². The number of amides is 1. The molecule has 0 saturated heterocycles. The molecule has 0 unspecified atom stereocenters. The first kappa shape index (κ1) is 22.2. The molecule has 4 rings (SSSR count). The lowest BCUT2D eigenvalue weighted by atomic mass is 10.1. The first-order valence-electron chi connectivity index (χ1n) is 10.1. The predicted molar refractivity (Wildman–Crippen MR) is 126 cm³/mol. The summed E-state index contributed by atoms with van der Waals surface area (Å²) in [5, 5.41) is 10.4. The van der Waals surface area contributed by atoms with Crippen LogP contribution in [-0.4, -0.2) is 31.6 Å². The summed E-state index contributed by atoms with van der Waals surface area (Å²) in [6, 6.07) is 20.2. The van der Waals surface area contributed by atoms with E-state index >= 15 is 0 Å². The molecule has 0 bridgehead atoms. The lowest BCUT2D eigenvalue weighted by Gasteiger charge is -2.19. The Balaban J connectivity index is 1.48. The maximum atomic E-state index is 12.9. The average Bonchev–Trinajstić information content (AvgIpc) is 3.27. The number of hydrogen-bond donors (Lipinski definition) is 1. The zero-order valence-electron chi connectivity index (χ0n) is 18.3. The van der Waals surface area contributed by atoms with Crippen molar-refractivity contribution in [3.63, 3.8) is 0 Å². The van der Waals surface area contributed by atoms with E-state index in [0.717, 1.165) is 16.7 Å². The van der Waals surface area contributed by atoms with Crippen LogP contribution in [0.25, 0.3) is 11.5 Å². The zero-order valence-corrected chi connectivity index (χ0v) is 19.1. The standard InChI is InChI=1S/C24H22N4O4S/c1-16-9-14-21(17(2)15-16)23-26-27-24(32-23)25-22(29)18-10-12-20(13-11-18)33(30,31)28(3)19-7-5-4-6-8-19/h4-15H,1-3H3,(H,25,27,29). The number of nitrogens with zero attached hydrogens (tertiary/aromatic N) is 3. The summed E-state index contributed by atoms with van der Waals surface area (Å²) in [4.78, 5) is 12.7. The number of benzene rings is 3. The molecule has 33 heavy (non-hydrogen) atoms. The highest BCUT2D eigenvalue weighted by atomic mass is 32.2. The third-order valence-corrected chi connectivity index (χ3v) is 6.95. The van der Waals surface area contributed by atoms with Crippen molar-refractivity contribution in [3.8, 4) is 11.5 Å². The summed E-state index contributed by atoms with van der Waals surface area (Å²) < 4.78 is 32.5. The lowest BCUT2D eigenvalue weighted by Crippen LogP contribution is -2.26. The van der Waals surface area contributed by atoms with Crippen LogP contribution in [0.1, 0.15) is 21.5 Å². The molecule has 8 nitrogen and oxygen atoms in total. The first-order chi connectivity index (χ1) is 15.8. The summed E-state index contributed by atoms with van der Waals surface area (Å²) >= 11 is 0. The van der Waals surface area contributed by atoms with Crippen molar-refractivity contribution < 1.29 is 17.6 Å². The smallest absolute Gasteiger partial charge is 0.322 e. The van der Waals surface area contributed by atoms with Gasteiger partial charge >= 0.3 is 6.01 Å². The van der Waals surface area contributed by atoms with E-state index in [2.05, 4.69) is 15.5 Å². The highest BCUT2D eigenvalue weighted by Crippen LogP contribution is 2.25. The summed E-state index contributed by atoms with van der Waals surface area (Å²) in [5.74, 6) is -0.195. The Morgan fingerprint density at radius 1 is 0.939 bits per heavy atom. The third kappa shape index (κ3) is 4.63. The minimum atomic E-state index is -3.77. The SMILES string of the molecule is Cc1ccc(-c2nnc(NC(=O)c3ccc(S(=O)(=O)N(C)c4ccccc4)cc3)o2)c(C)c1. The van der Waals surface area contributed by atoms with Crippen LogP contribution in [0.4, 0.5) is 11.7 Å². The Kier molecular flexibility index (Phi) is 5.97. The number of anilines is 2. The fraction of sp³-hybridized carbons (Fsp3) is 0.125. The Labute approximate surface area is 191 Å². The second kappa shape index (κ2) is 8.87. The van der Waals surface area contributed by atoms with Crippen LogP contribution >= 0.6 is 0 Å². The first-order valence-corrected chi connectivity index (χ1v) is 11.6. The number of nitrogens with one attached hydrogen (secondary N) is 1. The molecule has 0 saturated carbocycles. The Morgan fingerprint density at radius 2 is 1.64 bits per heavy atom. The predicted octanol–water partition coefficient (Wildman–Crippen LogP) is 4.43. The van der Waals surface area contributed by atoms with Gasteiger partial charge in [0.25, 0.3) is 15.9 Å². The van der Waals surface area contributed by atoms with Gasteiger partial charge in [0, 0.05) is 18.2 Å². The van der Waals surface area contributed by atoms with Gasteiger partial charge in [-0.1, -0.05) is 41.0 Å². The number of aryl methyl sites for hydroxylation is 2. The molecule has 168 valence electrons. The number of hydrogen-bond acceptors (Lipinski definition) is 6. The topological polar surface area (TPSA) is 105 Å². The number of carbonyl (C=O) groups is 1. The molecule has 4 aromatic rings. The van der Waals surface area contributed by atoms with E-state index < -0.39 is 15.9 Å². The number of carbonyl (C=O) groups excluding carboxylic acids is 1. The van der Waals surface area contributed by atoms with Crippen LogP contribution in [0.5, 0.6) is 0 Å². The maximum absolute atomic E-state index is 12.9. The van der Waals surface area contributed by atoms with Gasteiger partial charge in [-0.3, -0.25) is 14.4 Å². The van der Waals surface area contributed by atoms with Crippen molar-refractivity contribution in [1.82, 2.24) is 10.2 Å². The molecule has 0 spiro atoms. The van der Waals surface area contributed by atoms with Crippen LogP contribution in [-0.2, 0) is 10.0 Å². The largest absolute Gasteiger partial charge is 0.403 e. The molecule has 0 aliphatic rings. The summed E-state index contributed by atoms with van der Waals surface area (Å²) in [7, 11) is -2.29. The molecule has 0 aliphatic carbocycles. The van der Waals surface area contributed by atoms with Gasteiger partial charge in [-0.05, 0) is 61.9 Å². The van der Waals surface area contributed by atoms with E-state index in [4.69, 9.17) is 4.42 Å². The van der Waals surface area contributed by atoms with Crippen molar-refractivity contribution >= 4 is 27.6 Å². The second-order valence-electron chi connectivity index (χ2n) is 7.52. The number of aromatic nitrogens is 2. The molecule has 9 heteroatoms. The monoisotopic (exact) mass is 462 g/mol. The Morgan fingerprint density at radius 3 is 2.30 bits per heavy atom. The van der Waals surface area contributed by atoms with Gasteiger partial charge in [-0.15, -0.1) is 5.10 Å². The van der Waals surface area contributed by atoms with Gasteiger partial charge in [0.2, 0.25) is 5.89 Å². The van der Waals surface area contributed by atoms with E-state index in [1.807, 2.05) is 38.1 Å². The molecular weight excluding hydrogens is 440 g/mol. The van der Waals surface area contributed by atoms with Crippen molar-refractivity contribution in [2.24, 2.45) is 0 Å². The molecule has 0 radical (unpaired) electrons. The highest BCUT2D eigenvalue weighted by Gasteiger charge is 2.22. The van der Waals surface area contributed by atoms with Gasteiger partial charge in [0.1, 0.15) is 0 Å². The summed E-state index contributed by atoms with van der Waals surface area (Å²) in [5.41, 5.74) is 3.67. The number of sulfonamides is 1. The fourth-order valence-electron chi connectivity index (χ4n) is 3.32. The normalized spacial score (nSPS) is 11.2. The van der Waals surface area contributed by atoms with Crippen molar-refractivity contribution in [3.05, 3.63) is 89.5 Å². The minimum absolute atomic E-state index is 0.0458. The van der Waals surface area contributed by atoms with Crippen LogP contribution < -0.4 is 9.62 Å². The summed E-state index contributed by atoms with van der Waals surface area (Å²) in [6.45, 7) is 3.93. The van der Waals surface area contributed by atoms with E-state index in [0.29, 0.717) is 11.6 Å². The highest BCUT2D eigenvalue weighted by molar-refractivity contribution is 7.92. The average molecular weight is 463 g/mol. The lowest BCUT2D eigenvalue weighted by molar-refractivity contribution is 0.102. The van der Waals surface area contributed by atoms with Crippen molar-refractivity contribution in [1.29, 1.82) is 0 Å². The molecule has 3 aromatic carbocycles. The Hall–Kier alpha value is -3.98. The van der Waals surface area contributed by atoms with Gasteiger partial charge < -0.3 is 4.42 Å². The molecule has 1 aromatic heterocycles. The molecular formula is C24H22N4O4S. The third-order valence-electron chi connectivity index (χ3n) is 5.15. The molecule has 1 heterocycles. The van der Waals surface area contributed by atoms with Crippen molar-refractivity contribution in [2.45, 2.75) is 18.7 Å². The number of rotatable bonds is 6. The minimum Gasteiger partial charge on any atom is -0.403 e. The van der Waals surface area contributed by atoms with Crippen LogP contribution in [0.2, 0.25) is 0 Å². The second-order valence-corrected chi connectivity index (χ2v) is 9.49. The molecule has 1 amide bonds. The molecule has 0 aliphatic heterocycles. The maximum Gasteiger partial charge on any atom is 0.322 e. The molecule has 0 fully saturated rings. The molecule has 1 N–H and O–H groups in total. The number of para-hydroxylation sites is 1. The van der Waals surface area contributed by atoms with Gasteiger partial charge in [-0.25, -0.2) is 8.42 Å². The van der Waals surface area contributed by atoms with Gasteiger partial charge in [-0.2, -0.15) is 0 Å². The van der Waals surface area contributed by atoms with E-state index in [1.54, 1.807) is 24.3 Å². The van der Waals surface area contributed by atoms with Crippen LogP contribution in [0.3, 0.4) is 0 Å². The summed E-state index contributed by atoms with van der Waals surface area (Å²) in [6.07, 6.45) is 0. The van der Waals surface area contributed by atoms with E-state index in [9.17, 15) is 13.2 Å². The van der Waals surface area contributed by atoms with Crippen LogP contribution in [0, 0.1) is 13.8 Å². The zero-order chi connectivity index (χ0) is 23.6. The van der Waals surface area contributed by atoms with Gasteiger partial charge in [0.05, 0.1) is 10.6 Å². The fourth-order valence-corrected chi connectivity index (χ4v) is 4.51. The van der Waals surface area contributed by atoms with E-state index in [-0.39, 0.29) is 16.5 Å². The van der Waals surface area contributed by atoms with E-state index in [1.165, 1.54) is 35.6 Å². The Bertz CT molecular complexity index is 1400. The molecule has 0 atom stereocenters. The van der Waals surface area contributed by atoms with Gasteiger partial charge in [0.15, 0.2) is 0 Å². The van der Waals surface area contributed by atoms with Crippen LogP contribution in [0.15, 0.2) is 82.1 Å². The quantitative estimate of drug-likeness (QED) is 0.454.